The fourth-order valence-corrected chi connectivity index (χ4v) is 3.30. The molecule has 0 aromatic heterocycles. The number of imide groups is 1. The van der Waals surface area contributed by atoms with Crippen LogP contribution in [0, 0.1) is 5.82 Å². The van der Waals surface area contributed by atoms with Gasteiger partial charge in [0.2, 0.25) is 0 Å². The second-order valence-corrected chi connectivity index (χ2v) is 6.97. The Morgan fingerprint density at radius 2 is 1.50 bits per heavy atom. The van der Waals surface area contributed by atoms with E-state index in [0.717, 1.165) is 4.90 Å². The monoisotopic (exact) mass is 422 g/mol. The van der Waals surface area contributed by atoms with Gasteiger partial charge in [0.1, 0.15) is 17.3 Å². The van der Waals surface area contributed by atoms with Crippen LogP contribution in [0.1, 0.15) is 5.56 Å². The molecular formula is C23H16ClFN2O3. The molecule has 0 bridgehead atoms. The number of hydrogen-bond donors (Lipinski definition) is 1. The van der Waals surface area contributed by atoms with Crippen molar-refractivity contribution in [2.24, 2.45) is 0 Å². The van der Waals surface area contributed by atoms with Crippen LogP contribution in [-0.4, -0.2) is 18.9 Å². The highest BCUT2D eigenvalue weighted by atomic mass is 35.5. The Bertz CT molecular complexity index is 1140. The molecule has 0 saturated heterocycles. The van der Waals surface area contributed by atoms with Crippen molar-refractivity contribution in [3.8, 4) is 5.75 Å². The normalized spacial score (nSPS) is 13.8. The van der Waals surface area contributed by atoms with Crippen LogP contribution in [0.2, 0.25) is 5.02 Å². The summed E-state index contributed by atoms with van der Waals surface area (Å²) in [6.07, 6.45) is 0. The molecule has 1 aliphatic heterocycles. The Hall–Kier alpha value is -3.64. The predicted octanol–water partition coefficient (Wildman–Crippen LogP) is 4.88. The van der Waals surface area contributed by atoms with Gasteiger partial charge in [-0.25, -0.2) is 9.29 Å². The smallest absolute Gasteiger partial charge is 0.282 e. The summed E-state index contributed by atoms with van der Waals surface area (Å²) in [5.74, 6) is -0.803. The van der Waals surface area contributed by atoms with Gasteiger partial charge < -0.3 is 10.1 Å². The van der Waals surface area contributed by atoms with Crippen LogP contribution >= 0.6 is 11.6 Å². The largest absolute Gasteiger partial charge is 0.497 e. The molecule has 150 valence electrons. The van der Waals surface area contributed by atoms with Gasteiger partial charge in [0.15, 0.2) is 0 Å². The lowest BCUT2D eigenvalue weighted by molar-refractivity contribution is -0.120. The number of anilines is 2. The van der Waals surface area contributed by atoms with Crippen molar-refractivity contribution in [2.45, 2.75) is 0 Å². The molecular weight excluding hydrogens is 407 g/mol. The molecule has 1 aliphatic rings. The lowest BCUT2D eigenvalue weighted by Gasteiger charge is -2.15. The molecule has 1 N–H and O–H groups in total. The molecule has 0 spiro atoms. The van der Waals surface area contributed by atoms with Gasteiger partial charge in [0, 0.05) is 10.7 Å². The van der Waals surface area contributed by atoms with Crippen LogP contribution in [0.15, 0.2) is 78.5 Å². The van der Waals surface area contributed by atoms with E-state index in [-0.39, 0.29) is 11.3 Å². The van der Waals surface area contributed by atoms with Gasteiger partial charge in [0.05, 0.1) is 18.4 Å². The molecule has 0 unspecified atom stereocenters. The Balaban J connectivity index is 1.78. The summed E-state index contributed by atoms with van der Waals surface area (Å²) in [7, 11) is 1.56. The zero-order chi connectivity index (χ0) is 21.3. The summed E-state index contributed by atoms with van der Waals surface area (Å²) in [5.41, 5.74) is 1.68. The first-order valence-electron chi connectivity index (χ1n) is 9.03. The van der Waals surface area contributed by atoms with E-state index in [1.54, 1.807) is 55.6 Å². The van der Waals surface area contributed by atoms with Crippen molar-refractivity contribution in [1.82, 2.24) is 0 Å². The second-order valence-electron chi connectivity index (χ2n) is 6.53. The van der Waals surface area contributed by atoms with E-state index in [1.165, 1.54) is 24.3 Å². The van der Waals surface area contributed by atoms with E-state index in [9.17, 15) is 14.0 Å². The Morgan fingerprint density at radius 1 is 0.867 bits per heavy atom. The van der Waals surface area contributed by atoms with Crippen LogP contribution in [0.25, 0.3) is 5.57 Å². The molecule has 0 radical (unpaired) electrons. The summed E-state index contributed by atoms with van der Waals surface area (Å²) < 4.78 is 18.6. The number of nitrogens with zero attached hydrogens (tertiary/aromatic N) is 1. The van der Waals surface area contributed by atoms with Gasteiger partial charge in [-0.3, -0.25) is 9.59 Å². The third-order valence-corrected chi connectivity index (χ3v) is 4.91. The Kier molecular flexibility index (Phi) is 5.25. The van der Waals surface area contributed by atoms with E-state index in [1.807, 2.05) is 0 Å². The fourth-order valence-electron chi connectivity index (χ4n) is 3.17. The highest BCUT2D eigenvalue weighted by molar-refractivity contribution is 6.46. The fraction of sp³-hybridized carbons (Fsp3) is 0.0435. The van der Waals surface area contributed by atoms with Crippen LogP contribution < -0.4 is 15.0 Å². The molecule has 30 heavy (non-hydrogen) atoms. The van der Waals surface area contributed by atoms with E-state index in [0.29, 0.717) is 27.7 Å². The lowest BCUT2D eigenvalue weighted by atomic mass is 10.0. The van der Waals surface area contributed by atoms with Crippen LogP contribution in [-0.2, 0) is 9.59 Å². The van der Waals surface area contributed by atoms with Crippen molar-refractivity contribution in [3.63, 3.8) is 0 Å². The maximum Gasteiger partial charge on any atom is 0.282 e. The molecule has 0 atom stereocenters. The van der Waals surface area contributed by atoms with Crippen LogP contribution in [0.3, 0.4) is 0 Å². The zero-order valence-corrected chi connectivity index (χ0v) is 16.6. The van der Waals surface area contributed by atoms with Crippen molar-refractivity contribution in [1.29, 1.82) is 0 Å². The number of carbonyl (C=O) groups excluding carboxylic acids is 2. The highest BCUT2D eigenvalue weighted by Crippen LogP contribution is 2.34. The summed E-state index contributed by atoms with van der Waals surface area (Å²) in [4.78, 5) is 27.6. The van der Waals surface area contributed by atoms with Crippen molar-refractivity contribution < 1.29 is 18.7 Å². The van der Waals surface area contributed by atoms with Gasteiger partial charge >= 0.3 is 0 Å². The quantitative estimate of drug-likeness (QED) is 0.595. The van der Waals surface area contributed by atoms with Crippen LogP contribution in [0.4, 0.5) is 15.8 Å². The third kappa shape index (κ3) is 3.65. The number of halogens is 2. The molecule has 3 aromatic rings. The lowest BCUT2D eigenvalue weighted by Crippen LogP contribution is -2.32. The first kappa shape index (κ1) is 19.7. The standard InChI is InChI=1S/C23H16ClFN2O3/c1-30-19-12-8-17(9-13-19)26-21-20(14-2-6-16(25)7-3-14)22(28)27(23(21)29)18-10-4-15(24)5-11-18/h2-13,26H,1H3. The average molecular weight is 423 g/mol. The molecule has 2 amide bonds. The Labute approximate surface area is 177 Å². The minimum atomic E-state index is -0.516. The maximum absolute atomic E-state index is 13.4. The van der Waals surface area contributed by atoms with E-state index in [2.05, 4.69) is 5.32 Å². The minimum Gasteiger partial charge on any atom is -0.497 e. The van der Waals surface area contributed by atoms with E-state index < -0.39 is 17.6 Å². The minimum absolute atomic E-state index is 0.103. The Morgan fingerprint density at radius 3 is 2.10 bits per heavy atom. The molecule has 5 nitrogen and oxygen atoms in total. The van der Waals surface area contributed by atoms with Crippen molar-refractivity contribution in [3.05, 3.63) is 94.9 Å². The molecule has 4 rings (SSSR count). The summed E-state index contributed by atoms with van der Waals surface area (Å²) in [6, 6.07) is 18.8. The number of amides is 2. The molecule has 0 aliphatic carbocycles. The summed E-state index contributed by atoms with van der Waals surface area (Å²) in [5, 5.41) is 3.53. The molecule has 1 heterocycles. The predicted molar refractivity (Wildman–Crippen MR) is 114 cm³/mol. The average Bonchev–Trinajstić information content (AvgIpc) is 3.00. The molecule has 7 heteroatoms. The molecule has 3 aromatic carbocycles. The van der Waals surface area contributed by atoms with E-state index in [4.69, 9.17) is 16.3 Å². The summed E-state index contributed by atoms with van der Waals surface area (Å²) in [6.45, 7) is 0. The topological polar surface area (TPSA) is 58.6 Å². The summed E-state index contributed by atoms with van der Waals surface area (Å²) >= 11 is 5.93. The maximum atomic E-state index is 13.4. The van der Waals surface area contributed by atoms with Gasteiger partial charge in [-0.15, -0.1) is 0 Å². The first-order valence-corrected chi connectivity index (χ1v) is 9.41. The van der Waals surface area contributed by atoms with Crippen molar-refractivity contribution in [2.75, 3.05) is 17.3 Å². The molecule has 0 fully saturated rings. The van der Waals surface area contributed by atoms with Crippen molar-refractivity contribution >= 4 is 40.4 Å². The number of carbonyl (C=O) groups is 2. The number of nitrogens with one attached hydrogen (secondary N) is 1. The SMILES string of the molecule is COc1ccc(NC2=C(c3ccc(F)cc3)C(=O)N(c3ccc(Cl)cc3)C2=O)cc1. The van der Waals surface area contributed by atoms with Gasteiger partial charge in [-0.05, 0) is 66.2 Å². The number of rotatable bonds is 5. The van der Waals surface area contributed by atoms with E-state index >= 15 is 0 Å². The number of methoxy groups -OCH3 is 1. The zero-order valence-electron chi connectivity index (χ0n) is 15.9. The highest BCUT2D eigenvalue weighted by Gasteiger charge is 2.40. The van der Waals surface area contributed by atoms with Gasteiger partial charge in [-0.2, -0.15) is 0 Å². The second kappa shape index (κ2) is 8.00. The molecule has 0 saturated carbocycles. The van der Waals surface area contributed by atoms with Crippen LogP contribution in [0.5, 0.6) is 5.75 Å². The number of ether oxygens (including phenoxy) is 1. The third-order valence-electron chi connectivity index (χ3n) is 4.66. The number of hydrogen-bond acceptors (Lipinski definition) is 4. The first-order chi connectivity index (χ1) is 14.5. The van der Waals surface area contributed by atoms with Gasteiger partial charge in [-0.1, -0.05) is 23.7 Å². The number of benzene rings is 3. The van der Waals surface area contributed by atoms with Gasteiger partial charge in [0.25, 0.3) is 11.8 Å².